The molecule has 1 N–H and O–H groups in total. The molecule has 2 aromatic rings. The Morgan fingerprint density at radius 1 is 1.20 bits per heavy atom. The van der Waals surface area contributed by atoms with Crippen LogP contribution in [-0.4, -0.2) is 27.3 Å². The van der Waals surface area contributed by atoms with E-state index in [2.05, 4.69) is 33.1 Å². The maximum atomic E-state index is 12.8. The molecule has 2 amide bonds. The topological polar surface area (TPSA) is 63.1 Å². The summed E-state index contributed by atoms with van der Waals surface area (Å²) in [5.41, 5.74) is 2.28. The van der Waals surface area contributed by atoms with Gasteiger partial charge in [-0.05, 0) is 36.8 Å². The highest BCUT2D eigenvalue weighted by atomic mass is 16.2. The zero-order chi connectivity index (χ0) is 17.2. The molecule has 6 heteroatoms. The molecule has 0 radical (unpaired) electrons. The monoisotopic (exact) mass is 339 g/mol. The zero-order valence-electron chi connectivity index (χ0n) is 14.7. The number of carbonyl (C=O) groups excluding carboxylic acids is 1. The van der Waals surface area contributed by atoms with E-state index in [4.69, 9.17) is 0 Å². The van der Waals surface area contributed by atoms with Crippen molar-refractivity contribution < 1.29 is 4.79 Å². The third-order valence-corrected chi connectivity index (χ3v) is 5.37. The summed E-state index contributed by atoms with van der Waals surface area (Å²) in [6, 6.07) is 8.15. The zero-order valence-corrected chi connectivity index (χ0v) is 14.7. The number of fused-ring (bicyclic) bond motifs is 2. The maximum absolute atomic E-state index is 12.8. The van der Waals surface area contributed by atoms with Gasteiger partial charge in [0.1, 0.15) is 5.82 Å². The highest BCUT2D eigenvalue weighted by Crippen LogP contribution is 2.34. The van der Waals surface area contributed by atoms with Crippen molar-refractivity contribution in [3.8, 4) is 0 Å². The Kier molecular flexibility index (Phi) is 4.42. The van der Waals surface area contributed by atoms with Crippen LogP contribution in [0.25, 0.3) is 0 Å². The number of para-hydroxylation sites is 1. The summed E-state index contributed by atoms with van der Waals surface area (Å²) in [7, 11) is 0. The Bertz CT molecular complexity index is 769. The Morgan fingerprint density at radius 2 is 2.08 bits per heavy atom. The van der Waals surface area contributed by atoms with Gasteiger partial charge in [0, 0.05) is 25.2 Å². The van der Waals surface area contributed by atoms with Crippen molar-refractivity contribution in [3.05, 3.63) is 41.5 Å². The second kappa shape index (κ2) is 6.86. The lowest BCUT2D eigenvalue weighted by Crippen LogP contribution is -2.43. The number of aryl methyl sites for hydroxylation is 1. The number of benzene rings is 1. The molecule has 25 heavy (non-hydrogen) atoms. The molecular formula is C19H25N5O. The first kappa shape index (κ1) is 16.1. The van der Waals surface area contributed by atoms with Crippen molar-refractivity contribution in [2.75, 3.05) is 11.4 Å². The van der Waals surface area contributed by atoms with E-state index >= 15 is 0 Å². The predicted octanol–water partition coefficient (Wildman–Crippen LogP) is 3.23. The van der Waals surface area contributed by atoms with Gasteiger partial charge in [0.2, 0.25) is 0 Å². The first-order chi connectivity index (χ1) is 12.2. The van der Waals surface area contributed by atoms with Gasteiger partial charge in [0.05, 0.1) is 6.54 Å². The molecule has 0 spiro atoms. The van der Waals surface area contributed by atoms with E-state index in [1.54, 1.807) is 0 Å². The van der Waals surface area contributed by atoms with Gasteiger partial charge in [-0.3, -0.25) is 4.90 Å². The summed E-state index contributed by atoms with van der Waals surface area (Å²) in [4.78, 5) is 14.6. The molecule has 4 rings (SSSR count). The van der Waals surface area contributed by atoms with Gasteiger partial charge in [-0.2, -0.15) is 0 Å². The van der Waals surface area contributed by atoms with E-state index in [0.29, 0.717) is 12.5 Å². The lowest BCUT2D eigenvalue weighted by molar-refractivity contribution is 0.244. The minimum Gasteiger partial charge on any atom is -0.330 e. The van der Waals surface area contributed by atoms with Crippen LogP contribution in [0.15, 0.2) is 24.3 Å². The van der Waals surface area contributed by atoms with Crippen molar-refractivity contribution >= 4 is 11.7 Å². The molecule has 1 unspecified atom stereocenters. The van der Waals surface area contributed by atoms with E-state index in [9.17, 15) is 4.79 Å². The molecule has 0 bridgehead atoms. The largest absolute Gasteiger partial charge is 0.330 e. The van der Waals surface area contributed by atoms with Gasteiger partial charge in [-0.1, -0.05) is 31.5 Å². The van der Waals surface area contributed by atoms with Crippen LogP contribution in [0, 0.1) is 0 Å². The standard InChI is InChI=1S/C19H25N5O/c1-14-10-12-23(16-8-5-4-7-15(14)16)19(25)20-13-18-22-21-17-9-3-2-6-11-24(17)18/h4-5,7-8,14H,2-3,6,9-13H2,1H3,(H,20,25). The minimum absolute atomic E-state index is 0.0506. The maximum Gasteiger partial charge on any atom is 0.322 e. The number of carbonyl (C=O) groups is 1. The molecule has 0 saturated heterocycles. The molecule has 2 aliphatic rings. The number of rotatable bonds is 2. The second-order valence-corrected chi connectivity index (χ2v) is 7.05. The van der Waals surface area contributed by atoms with Crippen molar-refractivity contribution in [3.63, 3.8) is 0 Å². The van der Waals surface area contributed by atoms with Crippen LogP contribution in [0.2, 0.25) is 0 Å². The lowest BCUT2D eigenvalue weighted by Gasteiger charge is -2.32. The number of amides is 2. The fourth-order valence-electron chi connectivity index (χ4n) is 3.89. The SMILES string of the molecule is CC1CCN(C(=O)NCc2nnc3n2CCCCC3)c2ccccc21. The Hall–Kier alpha value is -2.37. The summed E-state index contributed by atoms with van der Waals surface area (Å²) in [5, 5.41) is 11.6. The van der Waals surface area contributed by atoms with E-state index in [1.807, 2.05) is 23.1 Å². The summed E-state index contributed by atoms with van der Waals surface area (Å²) in [6.45, 7) is 4.36. The highest BCUT2D eigenvalue weighted by Gasteiger charge is 2.26. The van der Waals surface area contributed by atoms with E-state index in [-0.39, 0.29) is 6.03 Å². The van der Waals surface area contributed by atoms with Crippen LogP contribution < -0.4 is 10.2 Å². The quantitative estimate of drug-likeness (QED) is 0.914. The Labute approximate surface area is 148 Å². The summed E-state index contributed by atoms with van der Waals surface area (Å²) < 4.78 is 2.18. The van der Waals surface area contributed by atoms with Gasteiger partial charge >= 0.3 is 6.03 Å². The van der Waals surface area contributed by atoms with Crippen molar-refractivity contribution in [1.29, 1.82) is 0 Å². The van der Waals surface area contributed by atoms with Crippen LogP contribution in [0.4, 0.5) is 10.5 Å². The molecule has 0 aliphatic carbocycles. The van der Waals surface area contributed by atoms with Crippen molar-refractivity contribution in [2.45, 2.75) is 58.0 Å². The first-order valence-electron chi connectivity index (χ1n) is 9.29. The third kappa shape index (κ3) is 3.13. The molecule has 132 valence electrons. The molecule has 6 nitrogen and oxygen atoms in total. The molecule has 2 aliphatic heterocycles. The van der Waals surface area contributed by atoms with Gasteiger partial charge in [-0.15, -0.1) is 10.2 Å². The highest BCUT2D eigenvalue weighted by molar-refractivity contribution is 5.93. The predicted molar refractivity (Wildman–Crippen MR) is 96.6 cm³/mol. The van der Waals surface area contributed by atoms with Gasteiger partial charge < -0.3 is 9.88 Å². The molecule has 1 aromatic heterocycles. The number of aromatic nitrogens is 3. The number of hydrogen-bond acceptors (Lipinski definition) is 3. The summed E-state index contributed by atoms with van der Waals surface area (Å²) >= 11 is 0. The van der Waals surface area contributed by atoms with Crippen LogP contribution in [0.3, 0.4) is 0 Å². The van der Waals surface area contributed by atoms with Crippen molar-refractivity contribution in [2.24, 2.45) is 0 Å². The molecule has 3 heterocycles. The number of urea groups is 1. The second-order valence-electron chi connectivity index (χ2n) is 7.05. The van der Waals surface area contributed by atoms with Crippen LogP contribution in [0.1, 0.15) is 55.7 Å². The average molecular weight is 339 g/mol. The van der Waals surface area contributed by atoms with Crippen LogP contribution in [-0.2, 0) is 19.5 Å². The number of anilines is 1. The smallest absolute Gasteiger partial charge is 0.322 e. The van der Waals surface area contributed by atoms with E-state index in [0.717, 1.165) is 49.7 Å². The van der Waals surface area contributed by atoms with E-state index < -0.39 is 0 Å². The normalized spacial score (nSPS) is 19.7. The van der Waals surface area contributed by atoms with Crippen molar-refractivity contribution in [1.82, 2.24) is 20.1 Å². The summed E-state index contributed by atoms with van der Waals surface area (Å²) in [6.07, 6.45) is 5.54. The number of hydrogen-bond donors (Lipinski definition) is 1. The number of nitrogens with zero attached hydrogens (tertiary/aromatic N) is 4. The fraction of sp³-hybridized carbons (Fsp3) is 0.526. The van der Waals surface area contributed by atoms with Gasteiger partial charge in [0.15, 0.2) is 5.82 Å². The first-order valence-corrected chi connectivity index (χ1v) is 9.29. The van der Waals surface area contributed by atoms with Gasteiger partial charge in [-0.25, -0.2) is 4.79 Å². The Morgan fingerprint density at radius 3 is 3.00 bits per heavy atom. The fourth-order valence-corrected chi connectivity index (χ4v) is 3.89. The van der Waals surface area contributed by atoms with E-state index in [1.165, 1.54) is 18.4 Å². The molecular weight excluding hydrogens is 314 g/mol. The summed E-state index contributed by atoms with van der Waals surface area (Å²) in [5.74, 6) is 2.41. The van der Waals surface area contributed by atoms with Gasteiger partial charge in [0.25, 0.3) is 0 Å². The minimum atomic E-state index is -0.0506. The lowest BCUT2D eigenvalue weighted by atomic mass is 9.92. The molecule has 0 saturated carbocycles. The Balaban J connectivity index is 1.47. The third-order valence-electron chi connectivity index (χ3n) is 5.37. The average Bonchev–Trinajstić information content (AvgIpc) is 2.86. The molecule has 1 aromatic carbocycles. The van der Waals surface area contributed by atoms with Crippen LogP contribution >= 0.6 is 0 Å². The molecule has 1 atom stereocenters. The molecule has 0 fully saturated rings. The number of nitrogens with one attached hydrogen (secondary N) is 1. The van der Waals surface area contributed by atoms with Crippen LogP contribution in [0.5, 0.6) is 0 Å².